The molecule has 0 bridgehead atoms. The van der Waals surface area contributed by atoms with E-state index in [9.17, 15) is 8.42 Å². The number of nitrogens with zero attached hydrogens (tertiary/aromatic N) is 1. The van der Waals surface area contributed by atoms with Crippen molar-refractivity contribution >= 4 is 47.0 Å². The van der Waals surface area contributed by atoms with Gasteiger partial charge in [-0.15, -0.1) is 11.3 Å². The lowest BCUT2D eigenvalue weighted by Gasteiger charge is -2.07. The van der Waals surface area contributed by atoms with E-state index in [0.29, 0.717) is 19.3 Å². The molecule has 0 aliphatic heterocycles. The van der Waals surface area contributed by atoms with Crippen LogP contribution < -0.4 is 0 Å². The second kappa shape index (κ2) is 3.43. The Balaban J connectivity index is 2.20. The molecule has 0 unspecified atom stereocenters. The van der Waals surface area contributed by atoms with Crippen LogP contribution in [0.4, 0.5) is 0 Å². The molecule has 2 rings (SSSR count). The summed E-state index contributed by atoms with van der Waals surface area (Å²) in [5.74, 6) is 0. The number of rotatable bonds is 3. The summed E-state index contributed by atoms with van der Waals surface area (Å²) in [4.78, 5) is 4.10. The van der Waals surface area contributed by atoms with Gasteiger partial charge in [0, 0.05) is 17.1 Å². The summed E-state index contributed by atoms with van der Waals surface area (Å²) >= 11 is 4.74. The molecule has 1 saturated carbocycles. The molecule has 14 heavy (non-hydrogen) atoms. The maximum Gasteiger partial charge on any atom is 0.238 e. The van der Waals surface area contributed by atoms with Gasteiger partial charge < -0.3 is 0 Å². The Morgan fingerprint density at radius 2 is 2.29 bits per heavy atom. The number of halogens is 2. The smallest absolute Gasteiger partial charge is 0.238 e. The van der Waals surface area contributed by atoms with Crippen molar-refractivity contribution in [3.8, 4) is 0 Å². The van der Waals surface area contributed by atoms with Gasteiger partial charge in [0.2, 0.25) is 9.05 Å². The number of hydrogen-bond acceptors (Lipinski definition) is 4. The lowest BCUT2D eigenvalue weighted by Crippen LogP contribution is -2.20. The normalized spacial score (nSPS) is 19.6. The summed E-state index contributed by atoms with van der Waals surface area (Å²) in [6.07, 6.45) is 3.41. The number of thiazole rings is 1. The average molecular weight is 317 g/mol. The molecular weight excluding hydrogens is 310 g/mol. The van der Waals surface area contributed by atoms with Crippen molar-refractivity contribution in [1.29, 1.82) is 0 Å². The topological polar surface area (TPSA) is 47.0 Å². The maximum absolute atomic E-state index is 11.3. The summed E-state index contributed by atoms with van der Waals surface area (Å²) in [5.41, 5.74) is 0. The molecule has 1 aliphatic carbocycles. The van der Waals surface area contributed by atoms with E-state index in [0.717, 1.165) is 8.79 Å². The van der Waals surface area contributed by atoms with Gasteiger partial charge in [-0.3, -0.25) is 0 Å². The van der Waals surface area contributed by atoms with Gasteiger partial charge in [-0.25, -0.2) is 13.4 Å². The van der Waals surface area contributed by atoms with Crippen LogP contribution in [0.5, 0.6) is 0 Å². The lowest BCUT2D eigenvalue weighted by atomic mass is 10.3. The van der Waals surface area contributed by atoms with E-state index >= 15 is 0 Å². The molecule has 0 spiro atoms. The minimum Gasteiger partial charge on any atom is -0.248 e. The van der Waals surface area contributed by atoms with Crippen molar-refractivity contribution in [2.45, 2.75) is 24.0 Å². The highest BCUT2D eigenvalue weighted by atomic mass is 79.9. The zero-order chi connectivity index (χ0) is 10.4. The van der Waals surface area contributed by atoms with Gasteiger partial charge in [0.1, 0.15) is 0 Å². The highest BCUT2D eigenvalue weighted by Crippen LogP contribution is 2.48. The van der Waals surface area contributed by atoms with E-state index in [1.54, 1.807) is 6.20 Å². The zero-order valence-electron chi connectivity index (χ0n) is 7.03. The highest BCUT2D eigenvalue weighted by Gasteiger charge is 2.54. The second-order valence-electron chi connectivity index (χ2n) is 3.36. The largest absolute Gasteiger partial charge is 0.248 e. The molecule has 0 saturated heterocycles. The van der Waals surface area contributed by atoms with Gasteiger partial charge in [-0.05, 0) is 28.8 Å². The Bertz CT molecular complexity index is 452. The molecule has 0 radical (unpaired) electrons. The Morgan fingerprint density at radius 3 is 2.64 bits per heavy atom. The molecular formula is C7H7BrClNO2S2. The zero-order valence-corrected chi connectivity index (χ0v) is 11.0. The van der Waals surface area contributed by atoms with E-state index < -0.39 is 13.8 Å². The summed E-state index contributed by atoms with van der Waals surface area (Å²) in [6, 6.07) is 0. The van der Waals surface area contributed by atoms with E-state index in [-0.39, 0.29) is 0 Å². The fraction of sp³-hybridized carbons (Fsp3) is 0.571. The first-order valence-corrected chi connectivity index (χ1v) is 7.89. The first kappa shape index (κ1) is 10.9. The van der Waals surface area contributed by atoms with Crippen LogP contribution >= 0.6 is 37.9 Å². The molecule has 0 aromatic carbocycles. The highest BCUT2D eigenvalue weighted by molar-refractivity contribution is 9.11. The lowest BCUT2D eigenvalue weighted by molar-refractivity contribution is 0.590. The van der Waals surface area contributed by atoms with E-state index in [1.807, 2.05) is 0 Å². The number of aromatic nitrogens is 1. The second-order valence-corrected chi connectivity index (χ2v) is 8.81. The van der Waals surface area contributed by atoms with E-state index in [1.165, 1.54) is 11.3 Å². The van der Waals surface area contributed by atoms with Crippen LogP contribution in [0.2, 0.25) is 0 Å². The molecule has 1 aromatic heterocycles. The maximum atomic E-state index is 11.3. The molecule has 1 fully saturated rings. The monoisotopic (exact) mass is 315 g/mol. The Kier molecular flexibility index (Phi) is 2.66. The number of hydrogen-bond donors (Lipinski definition) is 0. The first-order valence-electron chi connectivity index (χ1n) is 3.97. The van der Waals surface area contributed by atoms with Crippen molar-refractivity contribution in [1.82, 2.24) is 4.98 Å². The summed E-state index contributed by atoms with van der Waals surface area (Å²) in [6.45, 7) is 0. The van der Waals surface area contributed by atoms with Crippen LogP contribution in [-0.2, 0) is 15.5 Å². The minimum absolute atomic E-state index is 0.440. The van der Waals surface area contributed by atoms with Gasteiger partial charge in [0.15, 0.2) is 0 Å². The Morgan fingerprint density at radius 1 is 1.64 bits per heavy atom. The van der Waals surface area contributed by atoms with Gasteiger partial charge in [0.25, 0.3) is 0 Å². The van der Waals surface area contributed by atoms with Crippen LogP contribution in [0.1, 0.15) is 17.8 Å². The van der Waals surface area contributed by atoms with Crippen LogP contribution in [0, 0.1) is 0 Å². The van der Waals surface area contributed by atoms with Gasteiger partial charge in [-0.1, -0.05) is 0 Å². The minimum atomic E-state index is -3.46. The third-order valence-corrected chi connectivity index (χ3v) is 6.37. The third kappa shape index (κ3) is 1.98. The molecule has 3 nitrogen and oxygen atoms in total. The molecule has 1 aliphatic rings. The quantitative estimate of drug-likeness (QED) is 0.805. The van der Waals surface area contributed by atoms with Gasteiger partial charge in [-0.2, -0.15) is 0 Å². The molecule has 0 N–H and O–H groups in total. The molecule has 1 aromatic rings. The van der Waals surface area contributed by atoms with Crippen molar-refractivity contribution in [3.05, 3.63) is 15.0 Å². The Labute approximate surface area is 99.0 Å². The van der Waals surface area contributed by atoms with Crippen LogP contribution in [-0.4, -0.2) is 18.1 Å². The standard InChI is InChI=1S/C7H7BrClNO2S2/c8-5-4-10-6(13-5)3-7(1-2-7)14(9,11)12/h4H,1-3H2. The van der Waals surface area contributed by atoms with Crippen molar-refractivity contribution < 1.29 is 8.42 Å². The van der Waals surface area contributed by atoms with E-state index in [4.69, 9.17) is 10.7 Å². The predicted octanol–water partition coefficient (Wildman–Crippen LogP) is 2.55. The fourth-order valence-electron chi connectivity index (χ4n) is 1.29. The van der Waals surface area contributed by atoms with Crippen molar-refractivity contribution in [2.75, 3.05) is 0 Å². The van der Waals surface area contributed by atoms with E-state index in [2.05, 4.69) is 20.9 Å². The molecule has 1 heterocycles. The molecule has 7 heteroatoms. The van der Waals surface area contributed by atoms with Crippen LogP contribution in [0.25, 0.3) is 0 Å². The predicted molar refractivity (Wildman–Crippen MR) is 60.3 cm³/mol. The van der Waals surface area contributed by atoms with Crippen molar-refractivity contribution in [3.63, 3.8) is 0 Å². The molecule has 0 atom stereocenters. The van der Waals surface area contributed by atoms with Crippen LogP contribution in [0.3, 0.4) is 0 Å². The van der Waals surface area contributed by atoms with Crippen LogP contribution in [0.15, 0.2) is 9.98 Å². The van der Waals surface area contributed by atoms with Crippen molar-refractivity contribution in [2.24, 2.45) is 0 Å². The average Bonchev–Trinajstić information content (AvgIpc) is 2.71. The molecule has 0 amide bonds. The summed E-state index contributed by atoms with van der Waals surface area (Å²) < 4.78 is 22.7. The first-order chi connectivity index (χ1) is 6.43. The fourth-order valence-corrected chi connectivity index (χ4v) is 4.36. The SMILES string of the molecule is O=S(=O)(Cl)C1(Cc2ncc(Br)s2)CC1. The summed E-state index contributed by atoms with van der Waals surface area (Å²) in [7, 11) is 1.92. The Hall–Kier alpha value is 0.350. The summed E-state index contributed by atoms with van der Waals surface area (Å²) in [5, 5.41) is 0.818. The molecule has 78 valence electrons. The van der Waals surface area contributed by atoms with Gasteiger partial charge >= 0.3 is 0 Å². The third-order valence-electron chi connectivity index (χ3n) is 2.32. The van der Waals surface area contributed by atoms with Gasteiger partial charge in [0.05, 0.1) is 19.7 Å².